The monoisotopic (exact) mass is 358 g/mol. The number of nitrogens with one attached hydrogen (secondary N) is 2. The second-order valence-electron chi connectivity index (χ2n) is 6.50. The predicted octanol–water partition coefficient (Wildman–Crippen LogP) is 1.01. The molecule has 8 nitrogen and oxygen atoms in total. The Hall–Kier alpha value is -3.03. The van der Waals surface area contributed by atoms with E-state index in [9.17, 15) is 24.0 Å². The Labute approximate surface area is 149 Å². The fourth-order valence-electron chi connectivity index (χ4n) is 3.34. The Balaban J connectivity index is 1.72. The zero-order valence-electron chi connectivity index (χ0n) is 13.9. The summed E-state index contributed by atoms with van der Waals surface area (Å²) >= 11 is 0. The molecule has 1 aliphatic heterocycles. The molecule has 2 amide bonds. The van der Waals surface area contributed by atoms with Crippen molar-refractivity contribution >= 4 is 35.0 Å². The zero-order chi connectivity index (χ0) is 18.8. The van der Waals surface area contributed by atoms with Gasteiger partial charge in [-0.15, -0.1) is 0 Å². The van der Waals surface area contributed by atoms with Gasteiger partial charge in [-0.25, -0.2) is 0 Å². The van der Waals surface area contributed by atoms with Gasteiger partial charge in [0, 0.05) is 35.7 Å². The highest BCUT2D eigenvalue weighted by Crippen LogP contribution is 2.34. The Morgan fingerprint density at radius 3 is 2.58 bits per heavy atom. The topological polar surface area (TPSA) is 130 Å². The van der Waals surface area contributed by atoms with Crippen LogP contribution in [-0.4, -0.2) is 41.0 Å². The van der Waals surface area contributed by atoms with Crippen molar-refractivity contribution in [3.8, 4) is 0 Å². The number of rotatable bonds is 6. The molecule has 0 aromatic heterocycles. The van der Waals surface area contributed by atoms with Gasteiger partial charge < -0.3 is 10.4 Å². The Morgan fingerprint density at radius 1 is 1.15 bits per heavy atom. The Morgan fingerprint density at radius 2 is 1.88 bits per heavy atom. The number of fused-ring (bicyclic) bond motifs is 1. The summed E-state index contributed by atoms with van der Waals surface area (Å²) in [6.07, 6.45) is 0.561. The molecule has 1 saturated heterocycles. The number of amides is 2. The summed E-state index contributed by atoms with van der Waals surface area (Å²) in [5, 5.41) is 13.8. The molecule has 2 aliphatic rings. The number of Topliss-reactive ketones (excluding diaryl/α,β-unsaturated/α-hetero) is 2. The van der Waals surface area contributed by atoms with Crippen molar-refractivity contribution in [1.29, 1.82) is 0 Å². The first-order chi connectivity index (χ1) is 12.4. The summed E-state index contributed by atoms with van der Waals surface area (Å²) in [6.45, 7) is 0.204. The molecule has 2 unspecified atom stereocenters. The third-order valence-electron chi connectivity index (χ3n) is 4.72. The molecular formula is C18H18N2O6. The van der Waals surface area contributed by atoms with Crippen molar-refractivity contribution < 1.29 is 29.1 Å². The highest BCUT2D eigenvalue weighted by molar-refractivity contribution is 6.26. The maximum atomic E-state index is 12.6. The highest BCUT2D eigenvalue weighted by atomic mass is 16.4. The lowest BCUT2D eigenvalue weighted by atomic mass is 9.86. The number of hydrogen-bond donors (Lipinski definition) is 3. The van der Waals surface area contributed by atoms with E-state index in [4.69, 9.17) is 5.11 Å². The molecular weight excluding hydrogens is 340 g/mol. The average molecular weight is 358 g/mol. The van der Waals surface area contributed by atoms with Crippen LogP contribution in [0.2, 0.25) is 0 Å². The van der Waals surface area contributed by atoms with Gasteiger partial charge in [-0.2, -0.15) is 0 Å². The molecule has 0 bridgehead atoms. The summed E-state index contributed by atoms with van der Waals surface area (Å²) in [5.74, 6) is -3.81. The van der Waals surface area contributed by atoms with Gasteiger partial charge in [0.1, 0.15) is 0 Å². The molecule has 136 valence electrons. The van der Waals surface area contributed by atoms with Crippen LogP contribution in [0.4, 0.5) is 5.69 Å². The molecule has 3 rings (SSSR count). The van der Waals surface area contributed by atoms with Gasteiger partial charge in [-0.1, -0.05) is 0 Å². The van der Waals surface area contributed by atoms with E-state index >= 15 is 0 Å². The van der Waals surface area contributed by atoms with E-state index in [1.54, 1.807) is 18.2 Å². The number of carbonyl (C=O) groups is 5. The molecule has 0 radical (unpaired) electrons. The quantitative estimate of drug-likeness (QED) is 0.511. The van der Waals surface area contributed by atoms with Crippen LogP contribution in [0.1, 0.15) is 46.4 Å². The molecule has 2 atom stereocenters. The van der Waals surface area contributed by atoms with Crippen LogP contribution in [0.5, 0.6) is 0 Å². The second-order valence-corrected chi connectivity index (χ2v) is 6.50. The van der Waals surface area contributed by atoms with Crippen LogP contribution < -0.4 is 10.6 Å². The molecule has 1 aromatic carbocycles. The minimum absolute atomic E-state index is 0.0674. The van der Waals surface area contributed by atoms with Gasteiger partial charge in [0.05, 0.1) is 12.3 Å². The van der Waals surface area contributed by atoms with Gasteiger partial charge in [0.15, 0.2) is 11.6 Å². The maximum absolute atomic E-state index is 12.6. The van der Waals surface area contributed by atoms with Crippen LogP contribution in [0.25, 0.3) is 0 Å². The maximum Gasteiger partial charge on any atom is 0.305 e. The van der Waals surface area contributed by atoms with Crippen LogP contribution >= 0.6 is 0 Å². The highest BCUT2D eigenvalue weighted by Gasteiger charge is 2.41. The fourth-order valence-corrected chi connectivity index (χ4v) is 3.34. The van der Waals surface area contributed by atoms with Gasteiger partial charge in [-0.3, -0.25) is 29.3 Å². The number of anilines is 1. The summed E-state index contributed by atoms with van der Waals surface area (Å²) in [7, 11) is 0. The molecule has 8 heteroatoms. The summed E-state index contributed by atoms with van der Waals surface area (Å²) in [6, 6.07) is 4.71. The Kier molecular flexibility index (Phi) is 4.83. The summed E-state index contributed by atoms with van der Waals surface area (Å²) in [4.78, 5) is 58.9. The van der Waals surface area contributed by atoms with Gasteiger partial charge in [-0.05, 0) is 31.0 Å². The number of carboxylic acid groups (broad SMARTS) is 1. The van der Waals surface area contributed by atoms with Crippen molar-refractivity contribution in [1.82, 2.24) is 5.32 Å². The van der Waals surface area contributed by atoms with Crippen LogP contribution in [0.15, 0.2) is 18.2 Å². The number of carboxylic acids is 1. The van der Waals surface area contributed by atoms with Crippen LogP contribution in [0.3, 0.4) is 0 Å². The number of imide groups is 1. The molecule has 1 fully saturated rings. The van der Waals surface area contributed by atoms with Crippen molar-refractivity contribution in [3.05, 3.63) is 29.3 Å². The molecule has 0 saturated carbocycles. The van der Waals surface area contributed by atoms with Gasteiger partial charge in [0.2, 0.25) is 11.8 Å². The van der Waals surface area contributed by atoms with E-state index in [1.165, 1.54) is 0 Å². The average Bonchev–Trinajstić information content (AvgIpc) is 2.81. The zero-order valence-corrected chi connectivity index (χ0v) is 13.9. The van der Waals surface area contributed by atoms with Crippen molar-refractivity contribution in [2.45, 2.75) is 25.7 Å². The van der Waals surface area contributed by atoms with Crippen molar-refractivity contribution in [3.63, 3.8) is 0 Å². The lowest BCUT2D eigenvalue weighted by Gasteiger charge is -2.22. The summed E-state index contributed by atoms with van der Waals surface area (Å²) < 4.78 is 0. The van der Waals surface area contributed by atoms with E-state index in [2.05, 4.69) is 10.6 Å². The van der Waals surface area contributed by atoms with E-state index in [1.807, 2.05) is 0 Å². The predicted molar refractivity (Wildman–Crippen MR) is 89.8 cm³/mol. The molecule has 1 aromatic rings. The smallest absolute Gasteiger partial charge is 0.305 e. The first-order valence-electron chi connectivity index (χ1n) is 8.38. The first kappa shape index (κ1) is 17.8. The number of piperidine rings is 1. The van der Waals surface area contributed by atoms with E-state index in [-0.39, 0.29) is 48.8 Å². The number of hydrogen-bond acceptors (Lipinski definition) is 6. The number of ketones is 2. The van der Waals surface area contributed by atoms with Gasteiger partial charge >= 0.3 is 5.97 Å². The van der Waals surface area contributed by atoms with Gasteiger partial charge in [0.25, 0.3) is 0 Å². The number of carbonyl (C=O) groups excluding carboxylic acids is 4. The van der Waals surface area contributed by atoms with Crippen molar-refractivity contribution in [2.24, 2.45) is 11.8 Å². The third-order valence-corrected chi connectivity index (χ3v) is 4.72. The minimum Gasteiger partial charge on any atom is -0.481 e. The molecule has 3 N–H and O–H groups in total. The van der Waals surface area contributed by atoms with E-state index < -0.39 is 23.7 Å². The molecule has 1 heterocycles. The Bertz CT molecular complexity index is 816. The van der Waals surface area contributed by atoms with Crippen molar-refractivity contribution in [2.75, 3.05) is 11.9 Å². The van der Waals surface area contributed by atoms with E-state index in [0.29, 0.717) is 17.7 Å². The lowest BCUT2D eigenvalue weighted by Crippen LogP contribution is -2.42. The largest absolute Gasteiger partial charge is 0.481 e. The van der Waals surface area contributed by atoms with E-state index in [0.717, 1.165) is 0 Å². The minimum atomic E-state index is -0.936. The fraction of sp³-hybridized carbons (Fsp3) is 0.389. The van der Waals surface area contributed by atoms with Crippen LogP contribution in [0, 0.1) is 11.8 Å². The first-order valence-corrected chi connectivity index (χ1v) is 8.38. The molecule has 0 spiro atoms. The second kappa shape index (κ2) is 7.07. The SMILES string of the molecule is O=C(O)CCNc1ccc2c(c1)C(=O)C(CC1CCC(=O)NC1=O)C2=O. The lowest BCUT2D eigenvalue weighted by molar-refractivity contribution is -0.137. The normalized spacial score (nSPS) is 22.2. The number of benzene rings is 1. The molecule has 1 aliphatic carbocycles. The third kappa shape index (κ3) is 3.49. The molecule has 26 heavy (non-hydrogen) atoms. The standard InChI is InChI=1S/C18H18N2O6/c21-14-4-1-9(18(26)20-14)7-13-16(24)11-3-2-10(8-12(11)17(13)25)19-6-5-15(22)23/h2-3,8-9,13,19H,1,4-7H2,(H,22,23)(H,20,21,26). The van der Waals surface area contributed by atoms with Crippen LogP contribution in [-0.2, 0) is 14.4 Å². The summed E-state index contributed by atoms with van der Waals surface area (Å²) in [5.41, 5.74) is 1.16. The number of aliphatic carboxylic acids is 1.